The second kappa shape index (κ2) is 5.22. The van der Waals surface area contributed by atoms with Crippen molar-refractivity contribution in [2.45, 2.75) is 49.3 Å². The van der Waals surface area contributed by atoms with E-state index in [1.807, 2.05) is 6.07 Å². The largest absolute Gasteiger partial charge is 0.549 e. The van der Waals surface area contributed by atoms with Crippen LogP contribution in [0.25, 0.3) is 0 Å². The Morgan fingerprint density at radius 1 is 1.47 bits per heavy atom. The number of fused-ring (bicyclic) bond motifs is 1. The molecular weight excluding hydrogens is 260 g/mol. The minimum atomic E-state index is -1.15. The summed E-state index contributed by atoms with van der Waals surface area (Å²) in [5, 5.41) is 20.8. The third-order valence-electron chi connectivity index (χ3n) is 3.23. The van der Waals surface area contributed by atoms with Crippen molar-refractivity contribution in [1.82, 2.24) is 4.98 Å². The van der Waals surface area contributed by atoms with Crippen molar-refractivity contribution in [1.29, 1.82) is 5.26 Å². The topological polar surface area (TPSA) is 76.8 Å². The van der Waals surface area contributed by atoms with Crippen LogP contribution in [0.2, 0.25) is 0 Å². The third kappa shape index (κ3) is 2.90. The molecule has 1 aromatic heterocycles. The minimum absolute atomic E-state index is 0.458. The highest BCUT2D eigenvalue weighted by Crippen LogP contribution is 2.34. The van der Waals surface area contributed by atoms with E-state index in [9.17, 15) is 15.2 Å². The molecule has 4 nitrogen and oxygen atoms in total. The highest BCUT2D eigenvalue weighted by molar-refractivity contribution is 8.01. The Morgan fingerprint density at radius 2 is 2.16 bits per heavy atom. The highest BCUT2D eigenvalue weighted by Gasteiger charge is 2.25. The molecule has 0 fully saturated rings. The number of hydrogen-bond donors (Lipinski definition) is 0. The van der Waals surface area contributed by atoms with Crippen molar-refractivity contribution in [2.24, 2.45) is 0 Å². The summed E-state index contributed by atoms with van der Waals surface area (Å²) in [4.78, 5) is 15.6. The van der Waals surface area contributed by atoms with Gasteiger partial charge in [0.2, 0.25) is 0 Å². The SMILES string of the molecule is CC(C)(Sc1nc2c(cc1C#N)CCCC2)C(=O)[O-]. The van der Waals surface area contributed by atoms with Crippen LogP contribution in [0.3, 0.4) is 0 Å². The fourth-order valence-corrected chi connectivity index (χ4v) is 2.99. The summed E-state index contributed by atoms with van der Waals surface area (Å²) in [6.45, 7) is 3.13. The standard InChI is InChI=1S/C14H16N2O2S/c1-14(2,13(17)18)19-12-10(8-15)7-9-5-3-4-6-11(9)16-12/h7H,3-6H2,1-2H3,(H,17,18)/p-1. The van der Waals surface area contributed by atoms with Gasteiger partial charge in [0.1, 0.15) is 11.1 Å². The fourth-order valence-electron chi connectivity index (χ4n) is 2.06. The van der Waals surface area contributed by atoms with E-state index in [1.54, 1.807) is 13.8 Å². The Balaban J connectivity index is 2.40. The molecule has 100 valence electrons. The lowest BCUT2D eigenvalue weighted by atomic mass is 9.95. The van der Waals surface area contributed by atoms with Crippen molar-refractivity contribution in [3.05, 3.63) is 22.9 Å². The maximum Gasteiger partial charge on any atom is 0.115 e. The van der Waals surface area contributed by atoms with Gasteiger partial charge in [-0.3, -0.25) is 0 Å². The maximum atomic E-state index is 11.1. The van der Waals surface area contributed by atoms with E-state index in [4.69, 9.17) is 0 Å². The lowest BCUT2D eigenvalue weighted by Crippen LogP contribution is -2.41. The van der Waals surface area contributed by atoms with E-state index in [1.165, 1.54) is 0 Å². The fraction of sp³-hybridized carbons (Fsp3) is 0.500. The van der Waals surface area contributed by atoms with E-state index < -0.39 is 10.7 Å². The number of nitrogens with zero attached hydrogens (tertiary/aromatic N) is 2. The summed E-state index contributed by atoms with van der Waals surface area (Å²) in [7, 11) is 0. The number of aromatic nitrogens is 1. The summed E-state index contributed by atoms with van der Waals surface area (Å²) in [5.74, 6) is -1.15. The molecule has 2 rings (SSSR count). The number of aliphatic carboxylic acids is 1. The first-order chi connectivity index (χ1) is 8.94. The molecule has 0 bridgehead atoms. The summed E-state index contributed by atoms with van der Waals surface area (Å²) in [6, 6.07) is 3.97. The quantitative estimate of drug-likeness (QED) is 0.780. The molecule has 0 aromatic carbocycles. The van der Waals surface area contributed by atoms with E-state index in [-0.39, 0.29) is 0 Å². The number of hydrogen-bond acceptors (Lipinski definition) is 5. The molecule has 0 N–H and O–H groups in total. The Morgan fingerprint density at radius 3 is 2.79 bits per heavy atom. The Kier molecular flexibility index (Phi) is 3.81. The van der Waals surface area contributed by atoms with Gasteiger partial charge in [0.15, 0.2) is 0 Å². The highest BCUT2D eigenvalue weighted by atomic mass is 32.2. The molecule has 0 aliphatic heterocycles. The number of carboxylic acid groups (broad SMARTS) is 1. The van der Waals surface area contributed by atoms with Crippen molar-refractivity contribution in [3.8, 4) is 6.07 Å². The van der Waals surface area contributed by atoms with Gasteiger partial charge >= 0.3 is 0 Å². The lowest BCUT2D eigenvalue weighted by Gasteiger charge is -2.26. The summed E-state index contributed by atoms with van der Waals surface area (Å²) in [6.07, 6.45) is 4.07. The average Bonchev–Trinajstić information content (AvgIpc) is 2.37. The van der Waals surface area contributed by atoms with Crippen LogP contribution in [0.15, 0.2) is 11.1 Å². The van der Waals surface area contributed by atoms with E-state index in [0.29, 0.717) is 10.6 Å². The number of aryl methyl sites for hydroxylation is 2. The van der Waals surface area contributed by atoms with Crippen LogP contribution in [0.1, 0.15) is 43.5 Å². The zero-order chi connectivity index (χ0) is 14.0. The predicted molar refractivity (Wildman–Crippen MR) is 70.5 cm³/mol. The van der Waals surface area contributed by atoms with E-state index in [0.717, 1.165) is 48.7 Å². The van der Waals surface area contributed by atoms with Gasteiger partial charge in [-0.15, -0.1) is 0 Å². The second-order valence-electron chi connectivity index (χ2n) is 5.17. The molecule has 19 heavy (non-hydrogen) atoms. The van der Waals surface area contributed by atoms with Gasteiger partial charge in [-0.1, -0.05) is 11.8 Å². The number of carbonyl (C=O) groups excluding carboxylic acids is 1. The van der Waals surface area contributed by atoms with Gasteiger partial charge in [0.25, 0.3) is 0 Å². The van der Waals surface area contributed by atoms with Gasteiger partial charge in [-0.05, 0) is 51.2 Å². The second-order valence-corrected chi connectivity index (χ2v) is 6.78. The number of nitriles is 1. The number of thioether (sulfide) groups is 1. The summed E-state index contributed by atoms with van der Waals surface area (Å²) >= 11 is 1.08. The van der Waals surface area contributed by atoms with Crippen molar-refractivity contribution in [3.63, 3.8) is 0 Å². The van der Waals surface area contributed by atoms with Crippen LogP contribution in [0, 0.1) is 11.3 Å². The first-order valence-electron chi connectivity index (χ1n) is 6.27. The van der Waals surface area contributed by atoms with E-state index in [2.05, 4.69) is 11.1 Å². The van der Waals surface area contributed by atoms with Gasteiger partial charge in [0, 0.05) is 5.69 Å². The molecule has 0 saturated carbocycles. The molecule has 0 amide bonds. The number of carbonyl (C=O) groups is 1. The zero-order valence-electron chi connectivity index (χ0n) is 11.0. The summed E-state index contributed by atoms with van der Waals surface area (Å²) < 4.78 is -1.10. The van der Waals surface area contributed by atoms with Gasteiger partial charge < -0.3 is 9.90 Å². The number of carboxylic acids is 1. The van der Waals surface area contributed by atoms with Crippen LogP contribution < -0.4 is 5.11 Å². The third-order valence-corrected chi connectivity index (χ3v) is 4.41. The molecule has 1 aromatic rings. The van der Waals surface area contributed by atoms with Crippen LogP contribution >= 0.6 is 11.8 Å². The predicted octanol–water partition coefficient (Wildman–Crippen LogP) is 1.45. The van der Waals surface area contributed by atoms with Crippen LogP contribution in [0.4, 0.5) is 0 Å². The Labute approximate surface area is 116 Å². The average molecular weight is 275 g/mol. The first-order valence-corrected chi connectivity index (χ1v) is 7.09. The maximum absolute atomic E-state index is 11.1. The van der Waals surface area contributed by atoms with Crippen molar-refractivity contribution < 1.29 is 9.90 Å². The van der Waals surface area contributed by atoms with Gasteiger partial charge in [-0.25, -0.2) is 4.98 Å². The molecule has 1 heterocycles. The van der Waals surface area contributed by atoms with Gasteiger partial charge in [0.05, 0.1) is 16.3 Å². The normalized spacial score (nSPS) is 14.6. The molecule has 1 aliphatic rings. The molecule has 0 atom stereocenters. The Bertz CT molecular complexity index is 561. The molecule has 0 unspecified atom stereocenters. The van der Waals surface area contributed by atoms with E-state index >= 15 is 0 Å². The lowest BCUT2D eigenvalue weighted by molar-refractivity contribution is -0.308. The zero-order valence-corrected chi connectivity index (χ0v) is 11.8. The molecule has 0 radical (unpaired) electrons. The van der Waals surface area contributed by atoms with Crippen LogP contribution in [-0.2, 0) is 17.6 Å². The smallest absolute Gasteiger partial charge is 0.115 e. The molecular formula is C14H15N2O2S-. The molecule has 1 aliphatic carbocycles. The first kappa shape index (κ1) is 13.9. The molecule has 0 saturated heterocycles. The number of pyridine rings is 1. The van der Waals surface area contributed by atoms with Crippen LogP contribution in [-0.4, -0.2) is 15.7 Å². The number of rotatable bonds is 3. The monoisotopic (exact) mass is 275 g/mol. The van der Waals surface area contributed by atoms with Crippen molar-refractivity contribution in [2.75, 3.05) is 0 Å². The molecule has 5 heteroatoms. The van der Waals surface area contributed by atoms with Crippen LogP contribution in [0.5, 0.6) is 0 Å². The van der Waals surface area contributed by atoms with Crippen molar-refractivity contribution >= 4 is 17.7 Å². The van der Waals surface area contributed by atoms with Gasteiger partial charge in [-0.2, -0.15) is 5.26 Å². The molecule has 0 spiro atoms. The Hall–Kier alpha value is -1.54. The minimum Gasteiger partial charge on any atom is -0.549 e. The summed E-state index contributed by atoms with van der Waals surface area (Å²) in [5.41, 5.74) is 2.58.